The van der Waals surface area contributed by atoms with Gasteiger partial charge in [-0.25, -0.2) is 18.5 Å². The number of fused-ring (bicyclic) bond motifs is 1. The number of nitrogens with zero attached hydrogens (tertiary/aromatic N) is 4. The summed E-state index contributed by atoms with van der Waals surface area (Å²) in [5, 5.41) is 18.8. The van der Waals surface area contributed by atoms with E-state index in [1.807, 2.05) is 18.2 Å². The van der Waals surface area contributed by atoms with Gasteiger partial charge in [0.15, 0.2) is 5.65 Å². The van der Waals surface area contributed by atoms with Crippen molar-refractivity contribution in [2.75, 3.05) is 10.6 Å². The molecular weight excluding hydrogens is 368 g/mol. The molecule has 0 radical (unpaired) electrons. The number of nitrogens with one attached hydrogen (secondary N) is 3. The first kappa shape index (κ1) is 16.9. The van der Waals surface area contributed by atoms with Crippen LogP contribution in [0.1, 0.15) is 0 Å². The molecule has 0 aliphatic rings. The monoisotopic (exact) mass is 382 g/mol. The maximum absolute atomic E-state index is 11.3. The number of primary sulfonamides is 1. The summed E-state index contributed by atoms with van der Waals surface area (Å²) < 4.78 is 22.7. The van der Waals surface area contributed by atoms with E-state index >= 15 is 0 Å². The van der Waals surface area contributed by atoms with Gasteiger partial charge in [-0.05, 0) is 36.4 Å². The highest BCUT2D eigenvalue weighted by atomic mass is 32.2. The first-order chi connectivity index (χ1) is 13.0. The van der Waals surface area contributed by atoms with E-state index in [2.05, 4.69) is 35.8 Å². The maximum Gasteiger partial charge on any atom is 0.238 e. The van der Waals surface area contributed by atoms with Crippen LogP contribution in [0.3, 0.4) is 0 Å². The number of hydrogen-bond donors (Lipinski definition) is 4. The first-order valence-corrected chi connectivity index (χ1v) is 9.33. The van der Waals surface area contributed by atoms with Gasteiger partial charge in [-0.1, -0.05) is 6.07 Å². The molecule has 27 heavy (non-hydrogen) atoms. The molecule has 4 aromatic rings. The molecule has 0 bridgehead atoms. The maximum atomic E-state index is 11.3. The third-order valence-corrected chi connectivity index (χ3v) is 4.59. The average Bonchev–Trinajstić information content (AvgIpc) is 3.11. The number of anilines is 4. The number of sulfonamides is 1. The number of nitrogens with two attached hydrogens (primary N) is 1. The lowest BCUT2D eigenvalue weighted by atomic mass is 10.3. The molecule has 0 aliphatic heterocycles. The second kappa shape index (κ2) is 6.63. The van der Waals surface area contributed by atoms with Gasteiger partial charge < -0.3 is 10.6 Å². The molecular formula is C16H14N8O2S. The number of H-pyrrole nitrogens is 1. The van der Waals surface area contributed by atoms with Crippen LogP contribution in [0.25, 0.3) is 11.0 Å². The van der Waals surface area contributed by atoms with Gasteiger partial charge in [0.05, 0.1) is 16.5 Å². The molecule has 136 valence electrons. The molecule has 0 atom stereocenters. The quantitative estimate of drug-likeness (QED) is 0.408. The van der Waals surface area contributed by atoms with Crippen molar-refractivity contribution >= 4 is 44.3 Å². The molecule has 0 amide bonds. The highest BCUT2D eigenvalue weighted by molar-refractivity contribution is 7.89. The predicted octanol–water partition coefficient (Wildman–Crippen LogP) is 1.88. The molecule has 3 aromatic heterocycles. The Morgan fingerprint density at radius 3 is 2.52 bits per heavy atom. The average molecular weight is 382 g/mol. The molecule has 11 heteroatoms. The van der Waals surface area contributed by atoms with Gasteiger partial charge in [-0.3, -0.25) is 5.10 Å². The van der Waals surface area contributed by atoms with E-state index in [1.54, 1.807) is 24.5 Å². The number of aromatic amines is 1. The summed E-state index contributed by atoms with van der Waals surface area (Å²) in [6.45, 7) is 0. The number of pyridine rings is 1. The van der Waals surface area contributed by atoms with Crippen LogP contribution in [0.15, 0.2) is 59.8 Å². The van der Waals surface area contributed by atoms with Crippen LogP contribution >= 0.6 is 0 Å². The summed E-state index contributed by atoms with van der Waals surface area (Å²) in [6.07, 6.45) is 3.29. The van der Waals surface area contributed by atoms with Gasteiger partial charge in [0, 0.05) is 11.9 Å². The molecule has 0 saturated heterocycles. The SMILES string of the molecule is NS(=O)(=O)c1ccc(Nc2nc(Nc3ccccn3)c3cn[nH]c3n2)cc1. The molecule has 5 N–H and O–H groups in total. The van der Waals surface area contributed by atoms with Crippen LogP contribution in [0, 0.1) is 0 Å². The molecule has 0 unspecified atom stereocenters. The Morgan fingerprint density at radius 1 is 1.00 bits per heavy atom. The third-order valence-electron chi connectivity index (χ3n) is 3.66. The van der Waals surface area contributed by atoms with Crippen molar-refractivity contribution in [3.63, 3.8) is 0 Å². The molecule has 0 fully saturated rings. The van der Waals surface area contributed by atoms with Crippen molar-refractivity contribution < 1.29 is 8.42 Å². The number of hydrogen-bond acceptors (Lipinski definition) is 8. The van der Waals surface area contributed by atoms with Gasteiger partial charge in [0.2, 0.25) is 16.0 Å². The molecule has 0 aliphatic carbocycles. The zero-order valence-electron chi connectivity index (χ0n) is 13.8. The Hall–Kier alpha value is -3.57. The van der Waals surface area contributed by atoms with Crippen molar-refractivity contribution in [3.05, 3.63) is 54.9 Å². The third kappa shape index (κ3) is 3.68. The van der Waals surface area contributed by atoms with E-state index in [0.717, 1.165) is 0 Å². The van der Waals surface area contributed by atoms with Crippen molar-refractivity contribution in [1.82, 2.24) is 25.1 Å². The lowest BCUT2D eigenvalue weighted by Crippen LogP contribution is -2.11. The minimum absolute atomic E-state index is 0.0236. The molecule has 1 aromatic carbocycles. The predicted molar refractivity (Wildman–Crippen MR) is 100 cm³/mol. The summed E-state index contributed by atoms with van der Waals surface area (Å²) in [6, 6.07) is 11.4. The van der Waals surface area contributed by atoms with E-state index in [9.17, 15) is 8.42 Å². The van der Waals surface area contributed by atoms with Crippen molar-refractivity contribution in [2.24, 2.45) is 5.14 Å². The lowest BCUT2D eigenvalue weighted by Gasteiger charge is -2.09. The van der Waals surface area contributed by atoms with E-state index in [1.165, 1.54) is 12.1 Å². The molecule has 0 spiro atoms. The van der Waals surface area contributed by atoms with E-state index < -0.39 is 10.0 Å². The number of benzene rings is 1. The molecule has 0 saturated carbocycles. The second-order valence-corrected chi connectivity index (χ2v) is 7.12. The summed E-state index contributed by atoms with van der Waals surface area (Å²) in [5.74, 6) is 1.45. The highest BCUT2D eigenvalue weighted by Gasteiger charge is 2.11. The van der Waals surface area contributed by atoms with Crippen LogP contribution < -0.4 is 15.8 Å². The van der Waals surface area contributed by atoms with Crippen molar-refractivity contribution in [2.45, 2.75) is 4.90 Å². The van der Waals surface area contributed by atoms with E-state index in [0.29, 0.717) is 34.3 Å². The Labute approximate surface area is 153 Å². The number of aromatic nitrogens is 5. The smallest absolute Gasteiger partial charge is 0.238 e. The summed E-state index contributed by atoms with van der Waals surface area (Å²) in [4.78, 5) is 13.1. The standard InChI is InChI=1S/C16H14N8O2S/c17-27(25,26)11-6-4-10(5-7-11)20-16-22-14(12-9-19-24-15(12)23-16)21-13-3-1-2-8-18-13/h1-9H,(H2,17,25,26)(H3,18,19,20,21,22,23,24). The van der Waals surface area contributed by atoms with Crippen LogP contribution in [0.2, 0.25) is 0 Å². The normalized spacial score (nSPS) is 11.4. The Morgan fingerprint density at radius 2 is 1.81 bits per heavy atom. The van der Waals surface area contributed by atoms with Crippen LogP contribution in [-0.4, -0.2) is 33.6 Å². The minimum atomic E-state index is -3.74. The number of rotatable bonds is 5. The van der Waals surface area contributed by atoms with Crippen LogP contribution in [0.4, 0.5) is 23.3 Å². The summed E-state index contributed by atoms with van der Waals surface area (Å²) in [7, 11) is -3.74. The fourth-order valence-electron chi connectivity index (χ4n) is 2.40. The van der Waals surface area contributed by atoms with E-state index in [4.69, 9.17) is 5.14 Å². The zero-order valence-corrected chi connectivity index (χ0v) is 14.6. The van der Waals surface area contributed by atoms with Gasteiger partial charge in [0.1, 0.15) is 11.6 Å². The van der Waals surface area contributed by atoms with Crippen molar-refractivity contribution in [3.8, 4) is 0 Å². The van der Waals surface area contributed by atoms with Crippen LogP contribution in [-0.2, 0) is 10.0 Å². The largest absolute Gasteiger partial charge is 0.324 e. The van der Waals surface area contributed by atoms with Crippen LogP contribution in [0.5, 0.6) is 0 Å². The topological polar surface area (TPSA) is 152 Å². The summed E-state index contributed by atoms with van der Waals surface area (Å²) in [5.41, 5.74) is 1.14. The molecule has 10 nitrogen and oxygen atoms in total. The molecule has 4 rings (SSSR count). The molecule has 3 heterocycles. The van der Waals surface area contributed by atoms with Gasteiger partial charge in [-0.2, -0.15) is 15.1 Å². The minimum Gasteiger partial charge on any atom is -0.324 e. The van der Waals surface area contributed by atoms with Crippen molar-refractivity contribution in [1.29, 1.82) is 0 Å². The van der Waals surface area contributed by atoms with Gasteiger partial charge >= 0.3 is 0 Å². The van der Waals surface area contributed by atoms with Gasteiger partial charge in [-0.15, -0.1) is 0 Å². The Balaban J connectivity index is 1.66. The van der Waals surface area contributed by atoms with E-state index in [-0.39, 0.29) is 4.90 Å². The lowest BCUT2D eigenvalue weighted by molar-refractivity contribution is 0.598. The highest BCUT2D eigenvalue weighted by Crippen LogP contribution is 2.24. The van der Waals surface area contributed by atoms with Gasteiger partial charge in [0.25, 0.3) is 0 Å². The zero-order chi connectivity index (χ0) is 18.9. The fraction of sp³-hybridized carbons (Fsp3) is 0. The first-order valence-electron chi connectivity index (χ1n) is 7.78. The fourth-order valence-corrected chi connectivity index (χ4v) is 2.92. The summed E-state index contributed by atoms with van der Waals surface area (Å²) >= 11 is 0. The Kier molecular flexibility index (Phi) is 4.14. The second-order valence-electron chi connectivity index (χ2n) is 5.56. The Bertz CT molecular complexity index is 1190.